The van der Waals surface area contributed by atoms with Gasteiger partial charge in [0, 0.05) is 30.0 Å². The van der Waals surface area contributed by atoms with Gasteiger partial charge in [-0.2, -0.15) is 0 Å². The lowest BCUT2D eigenvalue weighted by atomic mass is 10.1. The minimum atomic E-state index is -4.78. The van der Waals surface area contributed by atoms with E-state index < -0.39 is 12.5 Å². The highest BCUT2D eigenvalue weighted by Crippen LogP contribution is 2.30. The van der Waals surface area contributed by atoms with Crippen molar-refractivity contribution in [2.24, 2.45) is 0 Å². The second-order valence-corrected chi connectivity index (χ2v) is 8.01. The van der Waals surface area contributed by atoms with Gasteiger partial charge in [0.2, 0.25) is 0 Å². The Kier molecular flexibility index (Phi) is 5.65. The van der Waals surface area contributed by atoms with E-state index in [0.717, 1.165) is 29.1 Å². The SMILES string of the molecule is O=C(Nc1nc2c(s1)CN(C(=O)c1ccc(OC(F)(F)F)cc1)CC2)[C@@H]1CCCO1. The smallest absolute Gasteiger partial charge is 0.406 e. The number of carbonyl (C=O) groups excluding carboxylic acids is 2. The van der Waals surface area contributed by atoms with E-state index in [1.807, 2.05) is 0 Å². The van der Waals surface area contributed by atoms with Crippen LogP contribution >= 0.6 is 11.3 Å². The number of hydrogen-bond acceptors (Lipinski definition) is 6. The van der Waals surface area contributed by atoms with Crippen molar-refractivity contribution in [3.8, 4) is 5.75 Å². The molecular formula is C19H18F3N3O4S. The topological polar surface area (TPSA) is 80.8 Å². The summed E-state index contributed by atoms with van der Waals surface area (Å²) in [6.07, 6.45) is -3.16. The van der Waals surface area contributed by atoms with Crippen LogP contribution in [0, 0.1) is 0 Å². The molecule has 0 spiro atoms. The lowest BCUT2D eigenvalue weighted by Crippen LogP contribution is -2.35. The highest BCUT2D eigenvalue weighted by molar-refractivity contribution is 7.15. The van der Waals surface area contributed by atoms with E-state index in [1.54, 1.807) is 4.90 Å². The van der Waals surface area contributed by atoms with Crippen molar-refractivity contribution in [1.29, 1.82) is 0 Å². The molecule has 1 aromatic carbocycles. The molecule has 1 N–H and O–H groups in total. The monoisotopic (exact) mass is 441 g/mol. The number of fused-ring (bicyclic) bond motifs is 1. The van der Waals surface area contributed by atoms with Crippen LogP contribution in [0.1, 0.15) is 33.8 Å². The number of aromatic nitrogens is 1. The molecule has 0 saturated carbocycles. The fourth-order valence-electron chi connectivity index (χ4n) is 3.37. The molecule has 0 unspecified atom stereocenters. The zero-order chi connectivity index (χ0) is 21.3. The van der Waals surface area contributed by atoms with Crippen LogP contribution in [-0.2, 0) is 22.5 Å². The normalized spacial score (nSPS) is 18.8. The van der Waals surface area contributed by atoms with Crippen LogP contribution in [0.2, 0.25) is 0 Å². The molecule has 1 saturated heterocycles. The Balaban J connectivity index is 1.39. The number of nitrogens with one attached hydrogen (secondary N) is 1. The molecule has 0 aliphatic carbocycles. The van der Waals surface area contributed by atoms with Crippen LogP contribution in [-0.4, -0.2) is 47.3 Å². The third-order valence-electron chi connectivity index (χ3n) is 4.81. The molecule has 2 aliphatic rings. The highest BCUT2D eigenvalue weighted by atomic mass is 32.1. The number of ether oxygens (including phenoxy) is 2. The zero-order valence-corrected chi connectivity index (χ0v) is 16.5. The number of amides is 2. The first-order valence-electron chi connectivity index (χ1n) is 9.34. The quantitative estimate of drug-likeness (QED) is 0.787. The van der Waals surface area contributed by atoms with Crippen molar-refractivity contribution in [2.75, 3.05) is 18.5 Å². The summed E-state index contributed by atoms with van der Waals surface area (Å²) in [6.45, 7) is 1.32. The van der Waals surface area contributed by atoms with Crippen LogP contribution in [0.25, 0.3) is 0 Å². The number of benzene rings is 1. The van der Waals surface area contributed by atoms with E-state index in [4.69, 9.17) is 4.74 Å². The highest BCUT2D eigenvalue weighted by Gasteiger charge is 2.31. The van der Waals surface area contributed by atoms with Crippen molar-refractivity contribution in [3.63, 3.8) is 0 Å². The van der Waals surface area contributed by atoms with Crippen molar-refractivity contribution in [2.45, 2.75) is 38.3 Å². The number of hydrogen-bond donors (Lipinski definition) is 1. The second kappa shape index (κ2) is 8.23. The van der Waals surface area contributed by atoms with Gasteiger partial charge in [-0.15, -0.1) is 13.2 Å². The summed E-state index contributed by atoms with van der Waals surface area (Å²) in [6, 6.07) is 4.83. The minimum Gasteiger partial charge on any atom is -0.406 e. The Hall–Kier alpha value is -2.66. The predicted molar refractivity (Wildman–Crippen MR) is 101 cm³/mol. The summed E-state index contributed by atoms with van der Waals surface area (Å²) in [5.41, 5.74) is 1.10. The number of anilines is 1. The molecule has 0 radical (unpaired) electrons. The van der Waals surface area contributed by atoms with Crippen molar-refractivity contribution < 1.29 is 32.2 Å². The maximum Gasteiger partial charge on any atom is 0.573 e. The molecule has 2 amide bonds. The maximum absolute atomic E-state index is 12.7. The summed E-state index contributed by atoms with van der Waals surface area (Å²) in [7, 11) is 0. The number of rotatable bonds is 4. The molecule has 3 heterocycles. The summed E-state index contributed by atoms with van der Waals surface area (Å²) in [4.78, 5) is 31.8. The average molecular weight is 441 g/mol. The molecule has 2 aromatic rings. The number of carbonyl (C=O) groups is 2. The Bertz CT molecular complexity index is 939. The van der Waals surface area contributed by atoms with Gasteiger partial charge in [-0.3, -0.25) is 14.9 Å². The fraction of sp³-hybridized carbons (Fsp3) is 0.421. The van der Waals surface area contributed by atoms with E-state index in [9.17, 15) is 22.8 Å². The van der Waals surface area contributed by atoms with Gasteiger partial charge in [-0.05, 0) is 37.1 Å². The molecule has 4 rings (SSSR count). The van der Waals surface area contributed by atoms with Gasteiger partial charge in [0.25, 0.3) is 11.8 Å². The van der Waals surface area contributed by atoms with Gasteiger partial charge >= 0.3 is 6.36 Å². The van der Waals surface area contributed by atoms with E-state index >= 15 is 0 Å². The standard InChI is InChI=1S/C19H18F3N3O4S/c20-19(21,22)29-12-5-3-11(4-6-12)17(27)25-8-7-13-15(10-25)30-18(23-13)24-16(26)14-2-1-9-28-14/h3-6,14H,1-2,7-10H2,(H,23,24,26)/t14-/m0/s1. The fourth-order valence-corrected chi connectivity index (χ4v) is 4.40. The molecule has 1 aromatic heterocycles. The van der Waals surface area contributed by atoms with Crippen molar-refractivity contribution in [3.05, 3.63) is 40.4 Å². The van der Waals surface area contributed by atoms with Crippen LogP contribution in [0.5, 0.6) is 5.75 Å². The minimum absolute atomic E-state index is 0.215. The number of alkyl halides is 3. The Morgan fingerprint density at radius 3 is 2.70 bits per heavy atom. The average Bonchev–Trinajstić information content (AvgIpc) is 3.35. The van der Waals surface area contributed by atoms with E-state index in [-0.39, 0.29) is 23.1 Å². The molecule has 0 bridgehead atoms. The summed E-state index contributed by atoms with van der Waals surface area (Å²) in [5, 5.41) is 3.25. The third kappa shape index (κ3) is 4.73. The van der Waals surface area contributed by atoms with Crippen molar-refractivity contribution >= 4 is 28.3 Å². The lowest BCUT2D eigenvalue weighted by molar-refractivity contribution is -0.274. The van der Waals surface area contributed by atoms with Crippen LogP contribution in [0.15, 0.2) is 24.3 Å². The Morgan fingerprint density at radius 2 is 2.03 bits per heavy atom. The predicted octanol–water partition coefficient (Wildman–Crippen LogP) is 3.36. The maximum atomic E-state index is 12.7. The molecule has 1 fully saturated rings. The summed E-state index contributed by atoms with van der Waals surface area (Å²) < 4.78 is 46.0. The molecule has 2 aliphatic heterocycles. The first kappa shape index (κ1) is 20.6. The molecule has 11 heteroatoms. The van der Waals surface area contributed by atoms with E-state index in [2.05, 4.69) is 15.0 Å². The number of halogens is 3. The molecular weight excluding hydrogens is 423 g/mol. The van der Waals surface area contributed by atoms with E-state index in [0.29, 0.717) is 37.7 Å². The number of nitrogens with zero attached hydrogens (tertiary/aromatic N) is 2. The number of thiazole rings is 1. The van der Waals surface area contributed by atoms with Crippen molar-refractivity contribution in [1.82, 2.24) is 9.88 Å². The molecule has 1 atom stereocenters. The van der Waals surface area contributed by atoms with Crippen LogP contribution in [0.3, 0.4) is 0 Å². The molecule has 7 nitrogen and oxygen atoms in total. The molecule has 160 valence electrons. The summed E-state index contributed by atoms with van der Waals surface area (Å²) >= 11 is 1.31. The van der Waals surface area contributed by atoms with Gasteiger partial charge < -0.3 is 14.4 Å². The Labute approximate surface area is 173 Å². The lowest BCUT2D eigenvalue weighted by Gasteiger charge is -2.26. The van der Waals surface area contributed by atoms with E-state index in [1.165, 1.54) is 23.5 Å². The molecule has 30 heavy (non-hydrogen) atoms. The van der Waals surface area contributed by atoms with Gasteiger partial charge in [0.05, 0.1) is 12.2 Å². The first-order valence-corrected chi connectivity index (χ1v) is 10.2. The van der Waals surface area contributed by atoms with Crippen LogP contribution < -0.4 is 10.1 Å². The van der Waals surface area contributed by atoms with Crippen LogP contribution in [0.4, 0.5) is 18.3 Å². The third-order valence-corrected chi connectivity index (χ3v) is 5.80. The van der Waals surface area contributed by atoms with Gasteiger partial charge in [0.15, 0.2) is 5.13 Å². The van der Waals surface area contributed by atoms with Gasteiger partial charge in [0.1, 0.15) is 11.9 Å². The first-order chi connectivity index (χ1) is 14.3. The zero-order valence-electron chi connectivity index (χ0n) is 15.7. The largest absolute Gasteiger partial charge is 0.573 e. The van der Waals surface area contributed by atoms with Gasteiger partial charge in [-0.1, -0.05) is 11.3 Å². The second-order valence-electron chi connectivity index (χ2n) is 6.93. The Morgan fingerprint density at radius 1 is 1.27 bits per heavy atom. The summed E-state index contributed by atoms with van der Waals surface area (Å²) in [5.74, 6) is -0.890. The van der Waals surface area contributed by atoms with Gasteiger partial charge in [-0.25, -0.2) is 4.98 Å².